The van der Waals surface area contributed by atoms with E-state index < -0.39 is 17.4 Å². The molecular weight excluding hydrogens is 422 g/mol. The molecule has 30 heavy (non-hydrogen) atoms. The Bertz CT molecular complexity index is 948. The van der Waals surface area contributed by atoms with Crippen molar-refractivity contribution in [3.05, 3.63) is 28.3 Å². The molecule has 0 unspecified atom stereocenters. The predicted molar refractivity (Wildman–Crippen MR) is 118 cm³/mol. The summed E-state index contributed by atoms with van der Waals surface area (Å²) in [6.45, 7) is 1.90. The molecule has 160 valence electrons. The molecule has 2 saturated heterocycles. The minimum atomic E-state index is -1.24. The number of thioether (sulfide) groups is 1. The van der Waals surface area contributed by atoms with E-state index in [-0.39, 0.29) is 29.8 Å². The van der Waals surface area contributed by atoms with Gasteiger partial charge in [-0.1, -0.05) is 24.4 Å². The van der Waals surface area contributed by atoms with Crippen molar-refractivity contribution in [3.8, 4) is 0 Å². The molecule has 0 aromatic heterocycles. The average molecular weight is 448 g/mol. The van der Waals surface area contributed by atoms with E-state index in [1.807, 2.05) is 19.2 Å². The van der Waals surface area contributed by atoms with Crippen molar-refractivity contribution in [1.29, 1.82) is 0 Å². The molecule has 3 aliphatic heterocycles. The van der Waals surface area contributed by atoms with E-state index in [2.05, 4.69) is 10.6 Å². The molecule has 0 bridgehead atoms. The Morgan fingerprint density at radius 2 is 1.93 bits per heavy atom. The average Bonchev–Trinajstić information content (AvgIpc) is 3.44. The van der Waals surface area contributed by atoms with Crippen molar-refractivity contribution in [2.75, 3.05) is 17.3 Å². The first kappa shape index (κ1) is 20.3. The van der Waals surface area contributed by atoms with Crippen molar-refractivity contribution in [3.63, 3.8) is 0 Å². The van der Waals surface area contributed by atoms with Crippen molar-refractivity contribution in [2.45, 2.75) is 56.7 Å². The Hall–Kier alpha value is -1.57. The molecule has 3 amide bonds. The third-order valence-corrected chi connectivity index (χ3v) is 8.21. The highest BCUT2D eigenvalue weighted by Crippen LogP contribution is 2.55. The van der Waals surface area contributed by atoms with Gasteiger partial charge in [0.15, 0.2) is 0 Å². The summed E-state index contributed by atoms with van der Waals surface area (Å²) in [5, 5.41) is 7.00. The van der Waals surface area contributed by atoms with Crippen LogP contribution in [0.5, 0.6) is 0 Å². The molecule has 4 aliphatic rings. The van der Waals surface area contributed by atoms with Gasteiger partial charge in [-0.3, -0.25) is 24.6 Å². The molecule has 6 nitrogen and oxygen atoms in total. The van der Waals surface area contributed by atoms with Crippen LogP contribution in [0.3, 0.4) is 0 Å². The molecule has 1 saturated carbocycles. The van der Waals surface area contributed by atoms with Gasteiger partial charge in [-0.2, -0.15) is 11.8 Å². The fourth-order valence-corrected chi connectivity index (χ4v) is 6.83. The minimum absolute atomic E-state index is 0.0288. The highest BCUT2D eigenvalue weighted by Gasteiger charge is 2.71. The van der Waals surface area contributed by atoms with Crippen LogP contribution in [0.15, 0.2) is 12.1 Å². The number of anilines is 1. The number of carbonyl (C=O) groups excluding carboxylic acids is 3. The number of likely N-dealkylation sites (tertiary alicyclic amines) is 1. The number of imide groups is 1. The molecule has 2 N–H and O–H groups in total. The lowest BCUT2D eigenvalue weighted by molar-refractivity contribution is -0.145. The van der Waals surface area contributed by atoms with Crippen molar-refractivity contribution in [2.24, 2.45) is 11.8 Å². The van der Waals surface area contributed by atoms with Crippen LogP contribution in [0.4, 0.5) is 5.69 Å². The van der Waals surface area contributed by atoms with Crippen LogP contribution >= 0.6 is 23.4 Å². The van der Waals surface area contributed by atoms with E-state index in [1.54, 1.807) is 17.8 Å². The first-order valence-corrected chi connectivity index (χ1v) is 12.4. The van der Waals surface area contributed by atoms with Crippen LogP contribution in [-0.4, -0.2) is 46.7 Å². The summed E-state index contributed by atoms with van der Waals surface area (Å²) >= 11 is 8.07. The van der Waals surface area contributed by atoms with E-state index in [9.17, 15) is 14.4 Å². The maximum absolute atomic E-state index is 13.7. The number of hydrogen-bond acceptors (Lipinski definition) is 5. The van der Waals surface area contributed by atoms with Gasteiger partial charge in [0, 0.05) is 28.4 Å². The Morgan fingerprint density at radius 3 is 2.63 bits per heavy atom. The van der Waals surface area contributed by atoms with E-state index in [1.165, 1.54) is 4.90 Å². The fraction of sp³-hybridized carbons (Fsp3) is 0.591. The Balaban J connectivity index is 1.65. The Kier molecular flexibility index (Phi) is 4.91. The number of halogens is 1. The number of hydrogen-bond donors (Lipinski definition) is 2. The van der Waals surface area contributed by atoms with Crippen LogP contribution in [-0.2, 0) is 19.9 Å². The molecule has 1 aromatic rings. The second-order valence-corrected chi connectivity index (χ2v) is 10.3. The quantitative estimate of drug-likeness (QED) is 0.693. The van der Waals surface area contributed by atoms with Crippen LogP contribution < -0.4 is 10.6 Å². The highest BCUT2D eigenvalue weighted by molar-refractivity contribution is 7.98. The minimum Gasteiger partial charge on any atom is -0.324 e. The van der Waals surface area contributed by atoms with Crippen molar-refractivity contribution >= 4 is 46.8 Å². The number of nitrogens with one attached hydrogen (secondary N) is 2. The van der Waals surface area contributed by atoms with E-state index in [0.29, 0.717) is 16.3 Å². The third-order valence-electron chi connectivity index (χ3n) is 7.34. The van der Waals surface area contributed by atoms with Crippen LogP contribution in [0.25, 0.3) is 0 Å². The normalized spacial score (nSPS) is 33.0. The fourth-order valence-electron chi connectivity index (χ4n) is 6.07. The monoisotopic (exact) mass is 447 g/mol. The van der Waals surface area contributed by atoms with Gasteiger partial charge >= 0.3 is 0 Å². The SMILES string of the molecule is CSCC[C@H]1N[C@]2(C(=O)Nc3c(C)cc(Cl)cc32)[C@@H]2C(=O)N(C3CCCC3)C(=O)[C@@H]21. The van der Waals surface area contributed by atoms with Gasteiger partial charge in [-0.05, 0) is 55.9 Å². The lowest BCUT2D eigenvalue weighted by atomic mass is 9.76. The van der Waals surface area contributed by atoms with Gasteiger partial charge in [0.25, 0.3) is 0 Å². The van der Waals surface area contributed by atoms with E-state index in [4.69, 9.17) is 11.6 Å². The van der Waals surface area contributed by atoms with Crippen LogP contribution in [0, 0.1) is 18.8 Å². The number of fused-ring (bicyclic) bond motifs is 4. The second-order valence-electron chi connectivity index (χ2n) is 8.93. The van der Waals surface area contributed by atoms with Crippen molar-refractivity contribution < 1.29 is 14.4 Å². The van der Waals surface area contributed by atoms with Crippen LogP contribution in [0.2, 0.25) is 5.02 Å². The molecular formula is C22H26ClN3O3S. The van der Waals surface area contributed by atoms with Gasteiger partial charge in [-0.15, -0.1) is 0 Å². The van der Waals surface area contributed by atoms with Gasteiger partial charge < -0.3 is 5.32 Å². The summed E-state index contributed by atoms with van der Waals surface area (Å²) in [7, 11) is 0. The molecule has 1 aliphatic carbocycles. The van der Waals surface area contributed by atoms with Crippen molar-refractivity contribution in [1.82, 2.24) is 10.2 Å². The highest BCUT2D eigenvalue weighted by atomic mass is 35.5. The largest absolute Gasteiger partial charge is 0.324 e. The molecule has 1 aromatic carbocycles. The van der Waals surface area contributed by atoms with Crippen LogP contribution in [0.1, 0.15) is 43.2 Å². The molecule has 4 atom stereocenters. The molecule has 1 spiro atoms. The number of amides is 3. The Morgan fingerprint density at radius 1 is 1.20 bits per heavy atom. The third kappa shape index (κ3) is 2.64. The van der Waals surface area contributed by atoms with Gasteiger partial charge in [0.05, 0.1) is 11.8 Å². The van der Waals surface area contributed by atoms with Gasteiger partial charge in [-0.25, -0.2) is 0 Å². The predicted octanol–water partition coefficient (Wildman–Crippen LogP) is 3.06. The van der Waals surface area contributed by atoms with Gasteiger partial charge in [0.1, 0.15) is 5.54 Å². The summed E-state index contributed by atoms with van der Waals surface area (Å²) in [5.41, 5.74) is 1.03. The van der Waals surface area contributed by atoms with E-state index in [0.717, 1.165) is 43.4 Å². The second kappa shape index (κ2) is 7.24. The number of benzene rings is 1. The first-order valence-electron chi connectivity index (χ1n) is 10.7. The standard InChI is InChI=1S/C22H26ClN3O3S/c1-11-9-12(23)10-14-18(11)24-21(29)22(14)17-16(15(25-22)7-8-30-2)19(27)26(20(17)28)13-5-3-4-6-13/h9-10,13,15-17,25H,3-8H2,1-2H3,(H,24,29)/t15-,16-,17+,22+/m1/s1. The summed E-state index contributed by atoms with van der Waals surface area (Å²) in [5.74, 6) is -0.939. The summed E-state index contributed by atoms with van der Waals surface area (Å²) in [4.78, 5) is 42.3. The zero-order chi connectivity index (χ0) is 21.2. The first-order chi connectivity index (χ1) is 14.4. The molecule has 8 heteroatoms. The number of aryl methyl sites for hydroxylation is 1. The zero-order valence-electron chi connectivity index (χ0n) is 17.2. The number of carbonyl (C=O) groups is 3. The molecule has 3 fully saturated rings. The summed E-state index contributed by atoms with van der Waals surface area (Å²) in [6.07, 6.45) is 6.54. The lowest BCUT2D eigenvalue weighted by Gasteiger charge is -2.31. The smallest absolute Gasteiger partial charge is 0.250 e. The summed E-state index contributed by atoms with van der Waals surface area (Å²) in [6, 6.07) is 3.34. The zero-order valence-corrected chi connectivity index (χ0v) is 18.7. The summed E-state index contributed by atoms with van der Waals surface area (Å²) < 4.78 is 0. The topological polar surface area (TPSA) is 78.5 Å². The van der Waals surface area contributed by atoms with E-state index >= 15 is 0 Å². The maximum Gasteiger partial charge on any atom is 0.250 e. The molecule has 5 rings (SSSR count). The molecule has 0 radical (unpaired) electrons. The number of nitrogens with zero attached hydrogens (tertiary/aromatic N) is 1. The maximum atomic E-state index is 13.7. The lowest BCUT2D eigenvalue weighted by Crippen LogP contribution is -2.54. The Labute approximate surface area is 185 Å². The number of rotatable bonds is 4. The molecule has 3 heterocycles. The van der Waals surface area contributed by atoms with Gasteiger partial charge in [0.2, 0.25) is 17.7 Å².